The molecule has 1 rings (SSSR count). The van der Waals surface area contributed by atoms with E-state index in [9.17, 15) is 18.3 Å². The zero-order valence-corrected chi connectivity index (χ0v) is 9.61. The summed E-state index contributed by atoms with van der Waals surface area (Å²) in [5, 5.41) is 9.76. The number of halogens is 3. The van der Waals surface area contributed by atoms with E-state index in [1.165, 1.54) is 7.05 Å². The van der Waals surface area contributed by atoms with E-state index in [1.807, 2.05) is 6.07 Å². The highest BCUT2D eigenvalue weighted by atomic mass is 19.4. The van der Waals surface area contributed by atoms with Gasteiger partial charge < -0.3 is 5.11 Å². The van der Waals surface area contributed by atoms with Gasteiger partial charge in [0.15, 0.2) is 0 Å². The summed E-state index contributed by atoms with van der Waals surface area (Å²) in [5.74, 6) is 0. The van der Waals surface area contributed by atoms with Crippen molar-refractivity contribution in [3.05, 3.63) is 35.9 Å². The van der Waals surface area contributed by atoms with Crippen molar-refractivity contribution in [1.29, 1.82) is 0 Å². The predicted octanol–water partition coefficient (Wildman–Crippen LogP) is 2.60. The molecule has 0 aromatic heterocycles. The average molecular weight is 247 g/mol. The summed E-state index contributed by atoms with van der Waals surface area (Å²) in [6, 6.07) is 8.92. The number of aliphatic hydroxyl groups is 1. The quantitative estimate of drug-likeness (QED) is 0.864. The van der Waals surface area contributed by atoms with Crippen molar-refractivity contribution in [3.8, 4) is 0 Å². The van der Waals surface area contributed by atoms with Crippen molar-refractivity contribution >= 4 is 0 Å². The Balaban J connectivity index is 2.36. The van der Waals surface area contributed by atoms with Crippen molar-refractivity contribution < 1.29 is 18.3 Å². The van der Waals surface area contributed by atoms with Crippen LogP contribution in [-0.4, -0.2) is 36.3 Å². The zero-order valence-electron chi connectivity index (χ0n) is 9.61. The van der Waals surface area contributed by atoms with Crippen LogP contribution >= 0.6 is 0 Å². The van der Waals surface area contributed by atoms with Crippen LogP contribution in [0.1, 0.15) is 18.1 Å². The predicted molar refractivity (Wildman–Crippen MR) is 59.6 cm³/mol. The molecular formula is C12H16F3NO. The topological polar surface area (TPSA) is 23.5 Å². The Hall–Kier alpha value is -1.07. The molecule has 1 unspecified atom stereocenters. The van der Waals surface area contributed by atoms with E-state index in [-0.39, 0.29) is 13.0 Å². The van der Waals surface area contributed by atoms with E-state index in [4.69, 9.17) is 0 Å². The van der Waals surface area contributed by atoms with Gasteiger partial charge in [0.05, 0.1) is 12.6 Å². The summed E-state index contributed by atoms with van der Waals surface area (Å²) in [6.45, 7) is -0.746. The SMILES string of the molecule is CN(CCC(O)c1ccccc1)CC(F)(F)F. The van der Waals surface area contributed by atoms with E-state index in [1.54, 1.807) is 24.3 Å². The molecule has 1 N–H and O–H groups in total. The van der Waals surface area contributed by atoms with Crippen LogP contribution in [0.25, 0.3) is 0 Å². The minimum absolute atomic E-state index is 0.204. The number of aliphatic hydroxyl groups excluding tert-OH is 1. The van der Waals surface area contributed by atoms with E-state index >= 15 is 0 Å². The van der Waals surface area contributed by atoms with Crippen molar-refractivity contribution in [2.75, 3.05) is 20.1 Å². The highest BCUT2D eigenvalue weighted by Gasteiger charge is 2.29. The molecule has 1 atom stereocenters. The Morgan fingerprint density at radius 1 is 1.24 bits per heavy atom. The van der Waals surface area contributed by atoms with Gasteiger partial charge in [-0.05, 0) is 19.0 Å². The smallest absolute Gasteiger partial charge is 0.388 e. The molecule has 2 nitrogen and oxygen atoms in total. The first-order valence-electron chi connectivity index (χ1n) is 5.37. The van der Waals surface area contributed by atoms with Gasteiger partial charge in [-0.3, -0.25) is 4.90 Å². The second-order valence-electron chi connectivity index (χ2n) is 4.07. The third-order valence-electron chi connectivity index (χ3n) is 2.42. The lowest BCUT2D eigenvalue weighted by Gasteiger charge is -2.20. The van der Waals surface area contributed by atoms with E-state index in [0.29, 0.717) is 0 Å². The summed E-state index contributed by atoms with van der Waals surface area (Å²) in [6.07, 6.45) is -4.62. The van der Waals surface area contributed by atoms with Crippen molar-refractivity contribution in [2.24, 2.45) is 0 Å². The van der Waals surface area contributed by atoms with Gasteiger partial charge in [0.25, 0.3) is 0 Å². The fourth-order valence-corrected chi connectivity index (χ4v) is 1.57. The van der Waals surface area contributed by atoms with Crippen LogP contribution in [-0.2, 0) is 0 Å². The maximum absolute atomic E-state index is 12.0. The number of alkyl halides is 3. The Morgan fingerprint density at radius 2 is 1.82 bits per heavy atom. The van der Waals surface area contributed by atoms with Crippen LogP contribution < -0.4 is 0 Å². The van der Waals surface area contributed by atoms with Crippen LogP contribution in [0.15, 0.2) is 30.3 Å². The van der Waals surface area contributed by atoms with E-state index < -0.39 is 18.8 Å². The van der Waals surface area contributed by atoms with Crippen molar-refractivity contribution in [1.82, 2.24) is 4.90 Å². The molecule has 0 amide bonds. The second kappa shape index (κ2) is 6.02. The lowest BCUT2D eigenvalue weighted by atomic mass is 10.1. The number of nitrogens with zero attached hydrogens (tertiary/aromatic N) is 1. The molecule has 0 saturated carbocycles. The second-order valence-corrected chi connectivity index (χ2v) is 4.07. The van der Waals surface area contributed by atoms with Gasteiger partial charge in [-0.2, -0.15) is 13.2 Å². The molecule has 0 bridgehead atoms. The van der Waals surface area contributed by atoms with Gasteiger partial charge in [-0.1, -0.05) is 30.3 Å². The fraction of sp³-hybridized carbons (Fsp3) is 0.500. The highest BCUT2D eigenvalue weighted by molar-refractivity contribution is 5.17. The van der Waals surface area contributed by atoms with Gasteiger partial charge in [-0.25, -0.2) is 0 Å². The molecule has 0 fully saturated rings. The monoisotopic (exact) mass is 247 g/mol. The molecule has 0 aliphatic rings. The van der Waals surface area contributed by atoms with Gasteiger partial charge in [0.2, 0.25) is 0 Å². The van der Waals surface area contributed by atoms with Crippen molar-refractivity contribution in [2.45, 2.75) is 18.7 Å². The maximum Gasteiger partial charge on any atom is 0.401 e. The van der Waals surface area contributed by atoms with E-state index in [0.717, 1.165) is 10.5 Å². The molecule has 0 radical (unpaired) electrons. The molecule has 0 heterocycles. The van der Waals surface area contributed by atoms with Gasteiger partial charge >= 0.3 is 6.18 Å². The normalized spacial score (nSPS) is 14.0. The summed E-state index contributed by atoms with van der Waals surface area (Å²) in [4.78, 5) is 1.16. The van der Waals surface area contributed by atoms with Crippen LogP contribution in [0.3, 0.4) is 0 Å². The Bertz CT molecular complexity index is 326. The summed E-state index contributed by atoms with van der Waals surface area (Å²) < 4.78 is 36.1. The van der Waals surface area contributed by atoms with Crippen molar-refractivity contribution in [3.63, 3.8) is 0 Å². The van der Waals surface area contributed by atoms with E-state index in [2.05, 4.69) is 0 Å². The number of hydrogen-bond donors (Lipinski definition) is 1. The van der Waals surface area contributed by atoms with Crippen LogP contribution in [0.5, 0.6) is 0 Å². The molecule has 0 aliphatic carbocycles. The first-order chi connectivity index (χ1) is 7.88. The minimum atomic E-state index is -4.19. The molecular weight excluding hydrogens is 231 g/mol. The highest BCUT2D eigenvalue weighted by Crippen LogP contribution is 2.19. The average Bonchev–Trinajstić information content (AvgIpc) is 2.25. The maximum atomic E-state index is 12.0. The molecule has 0 aliphatic heterocycles. The number of hydrogen-bond acceptors (Lipinski definition) is 2. The first kappa shape index (κ1) is 14.0. The first-order valence-corrected chi connectivity index (χ1v) is 5.37. The molecule has 1 aromatic rings. The largest absolute Gasteiger partial charge is 0.401 e. The Morgan fingerprint density at radius 3 is 2.35 bits per heavy atom. The lowest BCUT2D eigenvalue weighted by Crippen LogP contribution is -2.32. The summed E-state index contributed by atoms with van der Waals surface area (Å²) in [5.41, 5.74) is 0.730. The lowest BCUT2D eigenvalue weighted by molar-refractivity contribution is -0.143. The van der Waals surface area contributed by atoms with Crippen LogP contribution in [0.2, 0.25) is 0 Å². The van der Waals surface area contributed by atoms with Gasteiger partial charge in [0, 0.05) is 6.54 Å². The molecule has 0 saturated heterocycles. The zero-order chi connectivity index (χ0) is 12.9. The molecule has 17 heavy (non-hydrogen) atoms. The fourth-order valence-electron chi connectivity index (χ4n) is 1.57. The van der Waals surface area contributed by atoms with Gasteiger partial charge in [-0.15, -0.1) is 0 Å². The summed E-state index contributed by atoms with van der Waals surface area (Å²) in [7, 11) is 1.39. The Kier molecular flexibility index (Phi) is 4.96. The Labute approximate surface area is 98.7 Å². The van der Waals surface area contributed by atoms with Crippen LogP contribution in [0.4, 0.5) is 13.2 Å². The number of rotatable bonds is 5. The number of benzene rings is 1. The third-order valence-corrected chi connectivity index (χ3v) is 2.42. The molecule has 0 spiro atoms. The molecule has 1 aromatic carbocycles. The van der Waals surface area contributed by atoms with Gasteiger partial charge in [0.1, 0.15) is 0 Å². The van der Waals surface area contributed by atoms with Crippen LogP contribution in [0, 0.1) is 0 Å². The third kappa shape index (κ3) is 5.70. The molecule has 5 heteroatoms. The minimum Gasteiger partial charge on any atom is -0.388 e. The standard InChI is InChI=1S/C12H16F3NO/c1-16(9-12(13,14)15)8-7-11(17)10-5-3-2-4-6-10/h2-6,11,17H,7-9H2,1H3. The molecule has 96 valence electrons. The summed E-state index contributed by atoms with van der Waals surface area (Å²) >= 11 is 0.